The molecule has 1 fully saturated rings. The van der Waals surface area contributed by atoms with Gasteiger partial charge in [-0.25, -0.2) is 0 Å². The summed E-state index contributed by atoms with van der Waals surface area (Å²) in [6.07, 6.45) is -2.34. The van der Waals surface area contributed by atoms with Crippen LogP contribution in [0, 0.1) is 0 Å². The summed E-state index contributed by atoms with van der Waals surface area (Å²) < 4.78 is 38.2. The molecule has 0 spiro atoms. The second-order valence-corrected chi connectivity index (χ2v) is 5.67. The Labute approximate surface area is 119 Å². The summed E-state index contributed by atoms with van der Waals surface area (Å²) in [5, 5.41) is 3.14. The summed E-state index contributed by atoms with van der Waals surface area (Å²) in [4.78, 5) is 1.52. The Morgan fingerprint density at radius 2 is 1.84 bits per heavy atom. The molecule has 0 aromatic heterocycles. The SMILES string of the molecule is FC(F)(F)CN(CCNc1ccc(Br)cc1)C1CC1. The summed E-state index contributed by atoms with van der Waals surface area (Å²) in [7, 11) is 0. The van der Waals surface area contributed by atoms with Crippen molar-refractivity contribution in [1.29, 1.82) is 0 Å². The molecule has 6 heteroatoms. The van der Waals surface area contributed by atoms with Crippen LogP contribution in [-0.2, 0) is 0 Å². The molecule has 2 rings (SSSR count). The van der Waals surface area contributed by atoms with E-state index >= 15 is 0 Å². The number of nitrogens with one attached hydrogen (secondary N) is 1. The Bertz CT molecular complexity index is 401. The molecule has 1 aromatic carbocycles. The van der Waals surface area contributed by atoms with Gasteiger partial charge in [0.1, 0.15) is 0 Å². The molecule has 0 saturated heterocycles. The van der Waals surface area contributed by atoms with Crippen LogP contribution in [0.15, 0.2) is 28.7 Å². The van der Waals surface area contributed by atoms with Crippen LogP contribution in [0.4, 0.5) is 18.9 Å². The van der Waals surface area contributed by atoms with E-state index in [9.17, 15) is 13.2 Å². The first kappa shape index (κ1) is 14.7. The van der Waals surface area contributed by atoms with Gasteiger partial charge in [0, 0.05) is 29.3 Å². The van der Waals surface area contributed by atoms with Crippen LogP contribution in [0.2, 0.25) is 0 Å². The van der Waals surface area contributed by atoms with Crippen LogP contribution in [-0.4, -0.2) is 36.8 Å². The zero-order valence-electron chi connectivity index (χ0n) is 10.4. The molecule has 0 amide bonds. The summed E-state index contributed by atoms with van der Waals surface area (Å²) in [5.74, 6) is 0. The summed E-state index contributed by atoms with van der Waals surface area (Å²) in [6.45, 7) is 0.133. The molecule has 106 valence electrons. The number of halogens is 4. The smallest absolute Gasteiger partial charge is 0.384 e. The van der Waals surface area contributed by atoms with E-state index in [1.807, 2.05) is 24.3 Å². The first-order valence-corrected chi connectivity index (χ1v) is 7.03. The Morgan fingerprint density at radius 3 is 2.37 bits per heavy atom. The Balaban J connectivity index is 1.77. The van der Waals surface area contributed by atoms with Gasteiger partial charge in [0.05, 0.1) is 6.54 Å². The van der Waals surface area contributed by atoms with Crippen LogP contribution < -0.4 is 5.32 Å². The topological polar surface area (TPSA) is 15.3 Å². The molecule has 19 heavy (non-hydrogen) atoms. The first-order chi connectivity index (χ1) is 8.94. The lowest BCUT2D eigenvalue weighted by Gasteiger charge is -2.23. The van der Waals surface area contributed by atoms with Gasteiger partial charge >= 0.3 is 6.18 Å². The highest BCUT2D eigenvalue weighted by Crippen LogP contribution is 2.29. The molecule has 0 heterocycles. The molecule has 1 N–H and O–H groups in total. The Hall–Kier alpha value is -0.750. The molecule has 1 aromatic rings. The number of rotatable bonds is 6. The molecule has 0 unspecified atom stereocenters. The zero-order chi connectivity index (χ0) is 13.9. The van der Waals surface area contributed by atoms with Crippen LogP contribution >= 0.6 is 15.9 Å². The van der Waals surface area contributed by atoms with Gasteiger partial charge < -0.3 is 5.32 Å². The second-order valence-electron chi connectivity index (χ2n) is 4.75. The summed E-state index contributed by atoms with van der Waals surface area (Å²) in [5.41, 5.74) is 0.922. The van der Waals surface area contributed by atoms with E-state index in [0.717, 1.165) is 23.0 Å². The predicted octanol–water partition coefficient (Wildman–Crippen LogP) is 3.89. The molecule has 0 atom stereocenters. The highest BCUT2D eigenvalue weighted by atomic mass is 79.9. The van der Waals surface area contributed by atoms with Crippen LogP contribution in [0.5, 0.6) is 0 Å². The van der Waals surface area contributed by atoms with Gasteiger partial charge in [-0.15, -0.1) is 0 Å². The standard InChI is InChI=1S/C13H16BrF3N2/c14-10-1-3-11(4-2-10)18-7-8-19(12-5-6-12)9-13(15,16)17/h1-4,12,18H,5-9H2. The third-order valence-corrected chi connectivity index (χ3v) is 3.55. The number of anilines is 1. The van der Waals surface area contributed by atoms with Crippen molar-refractivity contribution in [2.75, 3.05) is 25.0 Å². The van der Waals surface area contributed by atoms with Crippen LogP contribution in [0.25, 0.3) is 0 Å². The maximum atomic E-state index is 12.4. The third kappa shape index (κ3) is 5.40. The summed E-state index contributed by atoms with van der Waals surface area (Å²) >= 11 is 3.34. The fraction of sp³-hybridized carbons (Fsp3) is 0.538. The minimum absolute atomic E-state index is 0.119. The molecule has 1 saturated carbocycles. The molecule has 0 aliphatic heterocycles. The fourth-order valence-corrected chi connectivity index (χ4v) is 2.24. The number of nitrogens with zero attached hydrogens (tertiary/aromatic N) is 1. The Morgan fingerprint density at radius 1 is 1.21 bits per heavy atom. The van der Waals surface area contributed by atoms with Crippen molar-refractivity contribution in [2.45, 2.75) is 25.1 Å². The molecular weight excluding hydrogens is 321 g/mol. The maximum absolute atomic E-state index is 12.4. The molecule has 2 nitrogen and oxygen atoms in total. The van der Waals surface area contributed by atoms with Crippen molar-refractivity contribution >= 4 is 21.6 Å². The lowest BCUT2D eigenvalue weighted by atomic mass is 10.3. The molecule has 1 aliphatic rings. The van der Waals surface area contributed by atoms with Crippen molar-refractivity contribution in [2.24, 2.45) is 0 Å². The van der Waals surface area contributed by atoms with Gasteiger partial charge in [0.25, 0.3) is 0 Å². The van der Waals surface area contributed by atoms with Gasteiger partial charge in [0.2, 0.25) is 0 Å². The first-order valence-electron chi connectivity index (χ1n) is 6.24. The molecular formula is C13H16BrF3N2. The average molecular weight is 337 g/mol. The predicted molar refractivity (Wildman–Crippen MR) is 73.3 cm³/mol. The van der Waals surface area contributed by atoms with E-state index in [2.05, 4.69) is 21.2 Å². The second kappa shape index (κ2) is 6.13. The monoisotopic (exact) mass is 336 g/mol. The molecule has 1 aliphatic carbocycles. The Kier molecular flexibility index (Phi) is 4.73. The maximum Gasteiger partial charge on any atom is 0.401 e. The average Bonchev–Trinajstić information content (AvgIpc) is 3.13. The summed E-state index contributed by atoms with van der Waals surface area (Å²) in [6, 6.07) is 7.71. The lowest BCUT2D eigenvalue weighted by Crippen LogP contribution is -2.38. The highest BCUT2D eigenvalue weighted by molar-refractivity contribution is 9.10. The van der Waals surface area contributed by atoms with Gasteiger partial charge in [-0.3, -0.25) is 4.90 Å². The van der Waals surface area contributed by atoms with Crippen LogP contribution in [0.1, 0.15) is 12.8 Å². The van der Waals surface area contributed by atoms with Crippen molar-refractivity contribution in [3.05, 3.63) is 28.7 Å². The van der Waals surface area contributed by atoms with Gasteiger partial charge in [-0.05, 0) is 37.1 Å². The number of hydrogen-bond acceptors (Lipinski definition) is 2. The number of benzene rings is 1. The van der Waals surface area contributed by atoms with E-state index in [-0.39, 0.29) is 6.04 Å². The highest BCUT2D eigenvalue weighted by Gasteiger charge is 2.37. The minimum atomic E-state index is -4.11. The van der Waals surface area contributed by atoms with E-state index in [1.54, 1.807) is 0 Å². The van der Waals surface area contributed by atoms with E-state index in [4.69, 9.17) is 0 Å². The molecule has 0 bridgehead atoms. The minimum Gasteiger partial charge on any atom is -0.384 e. The number of alkyl halides is 3. The number of hydrogen-bond donors (Lipinski definition) is 1. The van der Waals surface area contributed by atoms with Gasteiger partial charge in [0.15, 0.2) is 0 Å². The van der Waals surface area contributed by atoms with Crippen LogP contribution in [0.3, 0.4) is 0 Å². The van der Waals surface area contributed by atoms with Gasteiger partial charge in [-0.1, -0.05) is 15.9 Å². The van der Waals surface area contributed by atoms with Crippen molar-refractivity contribution in [1.82, 2.24) is 4.90 Å². The normalized spacial score (nSPS) is 15.8. The van der Waals surface area contributed by atoms with Crippen molar-refractivity contribution in [3.8, 4) is 0 Å². The lowest BCUT2D eigenvalue weighted by molar-refractivity contribution is -0.146. The third-order valence-electron chi connectivity index (χ3n) is 3.02. The van der Waals surface area contributed by atoms with Crippen molar-refractivity contribution < 1.29 is 13.2 Å². The van der Waals surface area contributed by atoms with Gasteiger partial charge in [-0.2, -0.15) is 13.2 Å². The molecule has 0 radical (unpaired) electrons. The van der Waals surface area contributed by atoms with Crippen molar-refractivity contribution in [3.63, 3.8) is 0 Å². The fourth-order valence-electron chi connectivity index (χ4n) is 1.97. The van der Waals surface area contributed by atoms with E-state index < -0.39 is 12.7 Å². The van der Waals surface area contributed by atoms with E-state index in [0.29, 0.717) is 13.1 Å². The zero-order valence-corrected chi connectivity index (χ0v) is 12.0. The van der Waals surface area contributed by atoms with E-state index in [1.165, 1.54) is 4.90 Å². The largest absolute Gasteiger partial charge is 0.401 e. The quantitative estimate of drug-likeness (QED) is 0.847.